The van der Waals surface area contributed by atoms with E-state index in [2.05, 4.69) is 15.9 Å². The van der Waals surface area contributed by atoms with Gasteiger partial charge in [-0.25, -0.2) is 4.79 Å². The van der Waals surface area contributed by atoms with Gasteiger partial charge in [0.05, 0.1) is 10.6 Å². The molecule has 150 valence electrons. The first kappa shape index (κ1) is 21.7. The monoisotopic (exact) mass is 491 g/mol. The van der Waals surface area contributed by atoms with Gasteiger partial charge in [0.25, 0.3) is 0 Å². The van der Waals surface area contributed by atoms with Gasteiger partial charge >= 0.3 is 5.97 Å². The van der Waals surface area contributed by atoms with Gasteiger partial charge in [0.15, 0.2) is 6.61 Å². The molecule has 0 aliphatic heterocycles. The Morgan fingerprint density at radius 3 is 2.41 bits per heavy atom. The Bertz CT molecular complexity index is 1080. The lowest BCUT2D eigenvalue weighted by molar-refractivity contribution is 0.0474. The van der Waals surface area contributed by atoms with Gasteiger partial charge in [0, 0.05) is 32.0 Å². The van der Waals surface area contributed by atoms with Gasteiger partial charge in [-0.1, -0.05) is 27.5 Å². The van der Waals surface area contributed by atoms with Gasteiger partial charge in [-0.2, -0.15) is 0 Å². The highest BCUT2D eigenvalue weighted by Crippen LogP contribution is 2.25. The third-order valence-corrected chi connectivity index (χ3v) is 6.13. The fourth-order valence-corrected chi connectivity index (χ4v) is 4.01. The topological polar surface area (TPSA) is 48.3 Å². The lowest BCUT2D eigenvalue weighted by Crippen LogP contribution is -2.15. The molecule has 29 heavy (non-hydrogen) atoms. The highest BCUT2D eigenvalue weighted by atomic mass is 79.9. The maximum Gasteiger partial charge on any atom is 0.340 e. The van der Waals surface area contributed by atoms with Crippen LogP contribution in [-0.2, 0) is 4.74 Å². The molecule has 3 rings (SSSR count). The second-order valence-electron chi connectivity index (χ2n) is 6.44. The number of aromatic nitrogens is 1. The van der Waals surface area contributed by atoms with E-state index in [1.807, 2.05) is 61.1 Å². The zero-order chi connectivity index (χ0) is 21.1. The Hall–Kier alpha value is -2.02. The summed E-state index contributed by atoms with van der Waals surface area (Å²) in [6.45, 7) is 3.47. The van der Waals surface area contributed by atoms with Crippen molar-refractivity contribution in [2.45, 2.75) is 18.7 Å². The van der Waals surface area contributed by atoms with Crippen LogP contribution in [0.4, 0.5) is 0 Å². The number of carbonyl (C=O) groups excluding carboxylic acids is 2. The zero-order valence-electron chi connectivity index (χ0n) is 16.2. The average molecular weight is 493 g/mol. The summed E-state index contributed by atoms with van der Waals surface area (Å²) in [5, 5.41) is 0.300. The molecule has 0 fully saturated rings. The van der Waals surface area contributed by atoms with E-state index in [4.69, 9.17) is 16.3 Å². The Morgan fingerprint density at radius 2 is 1.76 bits per heavy atom. The largest absolute Gasteiger partial charge is 0.454 e. The Kier molecular flexibility index (Phi) is 6.88. The van der Waals surface area contributed by atoms with Crippen LogP contribution in [0, 0.1) is 13.8 Å². The Labute approximate surface area is 187 Å². The number of thioether (sulfide) groups is 1. The molecule has 0 radical (unpaired) electrons. The van der Waals surface area contributed by atoms with Crippen LogP contribution >= 0.6 is 39.3 Å². The molecule has 0 bridgehead atoms. The van der Waals surface area contributed by atoms with Crippen LogP contribution in [0.3, 0.4) is 0 Å². The van der Waals surface area contributed by atoms with Crippen molar-refractivity contribution in [3.05, 3.63) is 80.5 Å². The molecular weight excluding hydrogens is 474 g/mol. The lowest BCUT2D eigenvalue weighted by Gasteiger charge is -2.10. The van der Waals surface area contributed by atoms with Crippen molar-refractivity contribution >= 4 is 51.0 Å². The van der Waals surface area contributed by atoms with E-state index in [9.17, 15) is 9.59 Å². The number of ketones is 1. The van der Waals surface area contributed by atoms with E-state index in [-0.39, 0.29) is 18.0 Å². The molecule has 0 unspecified atom stereocenters. The molecule has 0 aliphatic carbocycles. The zero-order valence-corrected chi connectivity index (χ0v) is 19.3. The number of hydrogen-bond donors (Lipinski definition) is 0. The number of ether oxygens (including phenoxy) is 1. The van der Waals surface area contributed by atoms with Crippen molar-refractivity contribution in [3.63, 3.8) is 0 Å². The minimum atomic E-state index is -0.610. The van der Waals surface area contributed by atoms with Crippen molar-refractivity contribution in [2.24, 2.45) is 0 Å². The summed E-state index contributed by atoms with van der Waals surface area (Å²) >= 11 is 11.0. The SMILES string of the molecule is CSc1ccc(Cl)c(C(=O)OCC(=O)c2cc(C)n(-c3ccc(Br)cc3)c2C)c1. The summed E-state index contributed by atoms with van der Waals surface area (Å²) in [5.74, 6) is -0.868. The smallest absolute Gasteiger partial charge is 0.340 e. The summed E-state index contributed by atoms with van der Waals surface area (Å²) in [7, 11) is 0. The van der Waals surface area contributed by atoms with E-state index in [0.717, 1.165) is 26.4 Å². The molecule has 0 saturated carbocycles. The molecular formula is C22H19BrClNO3S. The van der Waals surface area contributed by atoms with E-state index >= 15 is 0 Å². The predicted octanol–water partition coefficient (Wildman–Crippen LogP) is 6.27. The molecule has 0 amide bonds. The molecule has 3 aromatic rings. The minimum absolute atomic E-state index is 0.256. The summed E-state index contributed by atoms with van der Waals surface area (Å²) in [4.78, 5) is 26.0. The second-order valence-corrected chi connectivity index (χ2v) is 8.64. The first-order chi connectivity index (χ1) is 13.8. The Morgan fingerprint density at radius 1 is 1.07 bits per heavy atom. The van der Waals surface area contributed by atoms with Gasteiger partial charge < -0.3 is 9.30 Å². The van der Waals surface area contributed by atoms with Crippen LogP contribution in [0.25, 0.3) is 5.69 Å². The predicted molar refractivity (Wildman–Crippen MR) is 121 cm³/mol. The van der Waals surface area contributed by atoms with Gasteiger partial charge in [-0.3, -0.25) is 4.79 Å². The number of rotatable bonds is 6. The van der Waals surface area contributed by atoms with Crippen molar-refractivity contribution < 1.29 is 14.3 Å². The maximum atomic E-state index is 12.7. The second kappa shape index (κ2) is 9.20. The van der Waals surface area contributed by atoms with E-state index in [0.29, 0.717) is 10.6 Å². The Balaban J connectivity index is 1.77. The van der Waals surface area contributed by atoms with E-state index < -0.39 is 5.97 Å². The molecule has 4 nitrogen and oxygen atoms in total. The number of hydrogen-bond acceptors (Lipinski definition) is 4. The van der Waals surface area contributed by atoms with Crippen LogP contribution in [0.15, 0.2) is 57.9 Å². The van der Waals surface area contributed by atoms with Gasteiger partial charge in [0.2, 0.25) is 5.78 Å². The number of nitrogens with zero attached hydrogens (tertiary/aromatic N) is 1. The summed E-state index contributed by atoms with van der Waals surface area (Å²) in [6, 6.07) is 14.8. The molecule has 0 atom stereocenters. The number of benzene rings is 2. The first-order valence-corrected chi connectivity index (χ1v) is 11.2. The van der Waals surface area contributed by atoms with Crippen LogP contribution in [0.1, 0.15) is 32.1 Å². The van der Waals surface area contributed by atoms with Gasteiger partial charge in [-0.05, 0) is 68.6 Å². The highest BCUT2D eigenvalue weighted by molar-refractivity contribution is 9.10. The summed E-state index contributed by atoms with van der Waals surface area (Å²) in [5.41, 5.74) is 3.47. The molecule has 1 aromatic heterocycles. The number of aryl methyl sites for hydroxylation is 1. The third kappa shape index (κ3) is 4.77. The number of carbonyl (C=O) groups is 2. The molecule has 0 N–H and O–H groups in total. The van der Waals surface area contributed by atoms with E-state index in [1.54, 1.807) is 12.1 Å². The van der Waals surface area contributed by atoms with Gasteiger partial charge in [-0.15, -0.1) is 11.8 Å². The molecule has 0 aliphatic rings. The van der Waals surface area contributed by atoms with Gasteiger partial charge in [0.1, 0.15) is 0 Å². The van der Waals surface area contributed by atoms with Crippen LogP contribution in [0.2, 0.25) is 5.02 Å². The molecule has 2 aromatic carbocycles. The van der Waals surface area contributed by atoms with Crippen molar-refractivity contribution in [2.75, 3.05) is 12.9 Å². The normalized spacial score (nSPS) is 10.8. The fraction of sp³-hybridized carbons (Fsp3) is 0.182. The first-order valence-electron chi connectivity index (χ1n) is 8.80. The standard InChI is InChI=1S/C22H19BrClNO3S/c1-13-10-18(14(2)25(13)16-6-4-15(23)5-7-16)21(26)12-28-22(27)19-11-17(29-3)8-9-20(19)24/h4-11H,12H2,1-3H3. The van der Waals surface area contributed by atoms with Crippen molar-refractivity contribution in [1.29, 1.82) is 0 Å². The third-order valence-electron chi connectivity index (χ3n) is 4.54. The van der Waals surface area contributed by atoms with Crippen LogP contribution < -0.4 is 0 Å². The molecule has 1 heterocycles. The van der Waals surface area contributed by atoms with Crippen LogP contribution in [-0.4, -0.2) is 29.2 Å². The lowest BCUT2D eigenvalue weighted by atomic mass is 10.1. The van der Waals surface area contributed by atoms with Crippen molar-refractivity contribution in [3.8, 4) is 5.69 Å². The molecule has 0 spiro atoms. The summed E-state index contributed by atoms with van der Waals surface area (Å²) < 4.78 is 8.24. The number of halogens is 2. The van der Waals surface area contributed by atoms with E-state index in [1.165, 1.54) is 11.8 Å². The average Bonchev–Trinajstić information content (AvgIpc) is 3.01. The fourth-order valence-electron chi connectivity index (χ4n) is 3.11. The number of esters is 1. The maximum absolute atomic E-state index is 12.7. The minimum Gasteiger partial charge on any atom is -0.454 e. The molecule has 7 heteroatoms. The number of Topliss-reactive ketones (excluding diaryl/α,β-unsaturated/α-hetero) is 1. The quantitative estimate of drug-likeness (QED) is 0.231. The van der Waals surface area contributed by atoms with Crippen LogP contribution in [0.5, 0.6) is 0 Å². The highest BCUT2D eigenvalue weighted by Gasteiger charge is 2.20. The summed E-state index contributed by atoms with van der Waals surface area (Å²) in [6.07, 6.45) is 1.91. The molecule has 0 saturated heterocycles. The van der Waals surface area contributed by atoms with Crippen molar-refractivity contribution in [1.82, 2.24) is 4.57 Å².